The van der Waals surface area contributed by atoms with E-state index in [0.29, 0.717) is 30.9 Å². The van der Waals surface area contributed by atoms with Crippen LogP contribution in [0.3, 0.4) is 0 Å². The van der Waals surface area contributed by atoms with E-state index >= 15 is 0 Å². The molecule has 1 atom stereocenters. The zero-order valence-electron chi connectivity index (χ0n) is 11.1. The molecule has 104 valence electrons. The van der Waals surface area contributed by atoms with Crippen LogP contribution in [0.5, 0.6) is 5.75 Å². The molecule has 0 saturated carbocycles. The van der Waals surface area contributed by atoms with Crippen LogP contribution in [0.25, 0.3) is 0 Å². The monoisotopic (exact) mass is 267 g/mol. The van der Waals surface area contributed by atoms with E-state index in [2.05, 4.69) is 5.32 Å². The standard InChI is InChI=1S/C13H18FN3O2/c1-3-10-13(18)16-4-5-17(10)11-7-12(19-2)8(14)6-9(11)15/h6-7,10H,3-5,15H2,1-2H3,(H,16,18). The minimum absolute atomic E-state index is 0.0311. The maximum absolute atomic E-state index is 13.6. The summed E-state index contributed by atoms with van der Waals surface area (Å²) in [6, 6.07) is 2.49. The maximum Gasteiger partial charge on any atom is 0.242 e. The summed E-state index contributed by atoms with van der Waals surface area (Å²) >= 11 is 0. The van der Waals surface area contributed by atoms with Crippen LogP contribution in [0, 0.1) is 5.82 Å². The lowest BCUT2D eigenvalue weighted by Gasteiger charge is -2.37. The summed E-state index contributed by atoms with van der Waals surface area (Å²) in [4.78, 5) is 13.7. The Hall–Kier alpha value is -1.98. The molecule has 1 aliphatic rings. The number of ether oxygens (including phenoxy) is 1. The van der Waals surface area contributed by atoms with Crippen LogP contribution in [0.2, 0.25) is 0 Å². The van der Waals surface area contributed by atoms with Crippen LogP contribution < -0.4 is 20.7 Å². The van der Waals surface area contributed by atoms with Gasteiger partial charge >= 0.3 is 0 Å². The summed E-state index contributed by atoms with van der Waals surface area (Å²) in [5, 5.41) is 2.82. The normalized spacial score (nSPS) is 19.2. The van der Waals surface area contributed by atoms with Crippen molar-refractivity contribution in [2.75, 3.05) is 30.8 Å². The number of hydrogen-bond donors (Lipinski definition) is 2. The molecule has 0 bridgehead atoms. The molecule has 1 fully saturated rings. The summed E-state index contributed by atoms with van der Waals surface area (Å²) in [6.07, 6.45) is 0.658. The van der Waals surface area contributed by atoms with Gasteiger partial charge in [0.05, 0.1) is 18.5 Å². The molecular formula is C13H18FN3O2. The number of methoxy groups -OCH3 is 1. The molecule has 1 aliphatic heterocycles. The van der Waals surface area contributed by atoms with E-state index in [1.165, 1.54) is 13.2 Å². The largest absolute Gasteiger partial charge is 0.494 e. The number of anilines is 2. The molecule has 1 aromatic rings. The van der Waals surface area contributed by atoms with Crippen LogP contribution in [0.1, 0.15) is 13.3 Å². The van der Waals surface area contributed by atoms with E-state index in [0.717, 1.165) is 0 Å². The van der Waals surface area contributed by atoms with Crippen molar-refractivity contribution < 1.29 is 13.9 Å². The van der Waals surface area contributed by atoms with Gasteiger partial charge in [0.2, 0.25) is 5.91 Å². The number of halogens is 1. The molecular weight excluding hydrogens is 249 g/mol. The van der Waals surface area contributed by atoms with Crippen molar-refractivity contribution in [2.45, 2.75) is 19.4 Å². The van der Waals surface area contributed by atoms with Crippen LogP contribution >= 0.6 is 0 Å². The zero-order valence-corrected chi connectivity index (χ0v) is 11.1. The number of piperazine rings is 1. The fourth-order valence-electron chi connectivity index (χ4n) is 2.37. The SMILES string of the molecule is CCC1C(=O)NCCN1c1cc(OC)c(F)cc1N. The molecule has 19 heavy (non-hydrogen) atoms. The molecule has 1 heterocycles. The van der Waals surface area contributed by atoms with Crippen molar-refractivity contribution in [1.29, 1.82) is 0 Å². The Kier molecular flexibility index (Phi) is 3.78. The predicted octanol–water partition coefficient (Wildman–Crippen LogP) is 1.13. The van der Waals surface area contributed by atoms with Gasteiger partial charge in [0.1, 0.15) is 6.04 Å². The Balaban J connectivity index is 2.42. The highest BCUT2D eigenvalue weighted by atomic mass is 19.1. The quantitative estimate of drug-likeness (QED) is 0.806. The van der Waals surface area contributed by atoms with Crippen LogP contribution in [-0.2, 0) is 4.79 Å². The van der Waals surface area contributed by atoms with E-state index in [4.69, 9.17) is 10.5 Å². The first kappa shape index (κ1) is 13.5. The number of carbonyl (C=O) groups excluding carboxylic acids is 1. The lowest BCUT2D eigenvalue weighted by molar-refractivity contribution is -0.123. The number of nitrogens with two attached hydrogens (primary N) is 1. The Morgan fingerprint density at radius 3 is 2.95 bits per heavy atom. The molecule has 1 unspecified atom stereocenters. The minimum Gasteiger partial charge on any atom is -0.494 e. The number of amides is 1. The third kappa shape index (κ3) is 2.43. The Morgan fingerprint density at radius 2 is 2.32 bits per heavy atom. The van der Waals surface area contributed by atoms with Crippen molar-refractivity contribution in [3.63, 3.8) is 0 Å². The van der Waals surface area contributed by atoms with Gasteiger partial charge in [-0.25, -0.2) is 4.39 Å². The molecule has 0 aliphatic carbocycles. The highest BCUT2D eigenvalue weighted by Gasteiger charge is 2.29. The van der Waals surface area contributed by atoms with Gasteiger partial charge in [-0.3, -0.25) is 4.79 Å². The molecule has 1 amide bonds. The Labute approximate surface area is 111 Å². The second-order valence-corrected chi connectivity index (χ2v) is 4.45. The molecule has 0 aromatic heterocycles. The predicted molar refractivity (Wildman–Crippen MR) is 71.8 cm³/mol. The summed E-state index contributed by atoms with van der Waals surface area (Å²) in [7, 11) is 1.40. The fourth-order valence-corrected chi connectivity index (χ4v) is 2.37. The molecule has 1 saturated heterocycles. The molecule has 5 nitrogen and oxygen atoms in total. The van der Waals surface area contributed by atoms with Crippen molar-refractivity contribution in [3.8, 4) is 5.75 Å². The lowest BCUT2D eigenvalue weighted by Crippen LogP contribution is -2.55. The lowest BCUT2D eigenvalue weighted by atomic mass is 10.1. The maximum atomic E-state index is 13.6. The second kappa shape index (κ2) is 5.34. The summed E-state index contributed by atoms with van der Waals surface area (Å²) in [5.74, 6) is -0.403. The van der Waals surface area contributed by atoms with Gasteiger partial charge < -0.3 is 20.7 Å². The smallest absolute Gasteiger partial charge is 0.242 e. The number of rotatable bonds is 3. The molecule has 0 radical (unpaired) electrons. The fraction of sp³-hybridized carbons (Fsp3) is 0.462. The average molecular weight is 267 g/mol. The van der Waals surface area contributed by atoms with E-state index < -0.39 is 5.82 Å². The molecule has 2 rings (SSSR count). The zero-order chi connectivity index (χ0) is 14.0. The van der Waals surface area contributed by atoms with Gasteiger partial charge in [0.15, 0.2) is 11.6 Å². The van der Waals surface area contributed by atoms with Crippen molar-refractivity contribution in [2.24, 2.45) is 0 Å². The van der Waals surface area contributed by atoms with E-state index in [9.17, 15) is 9.18 Å². The Morgan fingerprint density at radius 1 is 1.58 bits per heavy atom. The van der Waals surface area contributed by atoms with Crippen molar-refractivity contribution in [3.05, 3.63) is 17.9 Å². The van der Waals surface area contributed by atoms with Gasteiger partial charge in [-0.05, 0) is 6.42 Å². The van der Waals surface area contributed by atoms with Gasteiger partial charge in [0, 0.05) is 25.2 Å². The first-order chi connectivity index (χ1) is 9.08. The van der Waals surface area contributed by atoms with Gasteiger partial charge in [-0.15, -0.1) is 0 Å². The second-order valence-electron chi connectivity index (χ2n) is 4.45. The van der Waals surface area contributed by atoms with Gasteiger partial charge in [0.25, 0.3) is 0 Å². The number of nitrogens with zero attached hydrogens (tertiary/aromatic N) is 1. The van der Waals surface area contributed by atoms with Gasteiger partial charge in [-0.2, -0.15) is 0 Å². The highest BCUT2D eigenvalue weighted by molar-refractivity contribution is 5.88. The highest BCUT2D eigenvalue weighted by Crippen LogP contribution is 2.33. The number of nitrogen functional groups attached to an aromatic ring is 1. The van der Waals surface area contributed by atoms with E-state index in [1.54, 1.807) is 6.07 Å². The number of carbonyl (C=O) groups is 1. The first-order valence-corrected chi connectivity index (χ1v) is 6.25. The topological polar surface area (TPSA) is 67.6 Å². The van der Waals surface area contributed by atoms with Crippen LogP contribution in [-0.4, -0.2) is 32.1 Å². The third-order valence-corrected chi connectivity index (χ3v) is 3.33. The Bertz CT molecular complexity index is 493. The first-order valence-electron chi connectivity index (χ1n) is 6.25. The molecule has 6 heteroatoms. The van der Waals surface area contributed by atoms with Crippen LogP contribution in [0.4, 0.5) is 15.8 Å². The number of nitrogens with one attached hydrogen (secondary N) is 1. The van der Waals surface area contributed by atoms with Crippen LogP contribution in [0.15, 0.2) is 12.1 Å². The van der Waals surface area contributed by atoms with E-state index in [-0.39, 0.29) is 17.7 Å². The van der Waals surface area contributed by atoms with Gasteiger partial charge in [-0.1, -0.05) is 6.92 Å². The molecule has 3 N–H and O–H groups in total. The number of benzene rings is 1. The summed E-state index contributed by atoms with van der Waals surface area (Å²) < 4.78 is 18.5. The van der Waals surface area contributed by atoms with Crippen molar-refractivity contribution >= 4 is 17.3 Å². The summed E-state index contributed by atoms with van der Waals surface area (Å²) in [5.41, 5.74) is 6.82. The minimum atomic E-state index is -0.502. The average Bonchev–Trinajstić information content (AvgIpc) is 2.39. The summed E-state index contributed by atoms with van der Waals surface area (Å²) in [6.45, 7) is 3.12. The third-order valence-electron chi connectivity index (χ3n) is 3.33. The van der Waals surface area contributed by atoms with E-state index in [1.807, 2.05) is 11.8 Å². The van der Waals surface area contributed by atoms with Crippen molar-refractivity contribution in [1.82, 2.24) is 5.32 Å². The number of hydrogen-bond acceptors (Lipinski definition) is 4. The molecule has 0 spiro atoms. The molecule has 1 aromatic carbocycles.